The van der Waals surface area contributed by atoms with Gasteiger partial charge in [0.05, 0.1) is 6.26 Å². The number of fused-ring (bicyclic) bond motifs is 1. The SMILES string of the molecule is CCC(=O)N1CCC(Oc2ccc(-c3cnc4ccoc4c3)cc2)CC1. The highest BCUT2D eigenvalue weighted by Crippen LogP contribution is 2.26. The van der Waals surface area contributed by atoms with Crippen molar-refractivity contribution in [1.82, 2.24) is 9.88 Å². The Hall–Kier alpha value is -2.82. The van der Waals surface area contributed by atoms with E-state index < -0.39 is 0 Å². The molecule has 0 bridgehead atoms. The van der Waals surface area contributed by atoms with E-state index in [1.54, 1.807) is 6.26 Å². The average molecular weight is 350 g/mol. The maximum atomic E-state index is 11.7. The van der Waals surface area contributed by atoms with E-state index in [1.165, 1.54) is 0 Å². The van der Waals surface area contributed by atoms with Crippen molar-refractivity contribution < 1.29 is 13.9 Å². The zero-order valence-corrected chi connectivity index (χ0v) is 14.9. The molecule has 1 fully saturated rings. The number of likely N-dealkylation sites (tertiary alicyclic amines) is 1. The second-order valence-corrected chi connectivity index (χ2v) is 6.60. The number of benzene rings is 1. The molecule has 5 heteroatoms. The summed E-state index contributed by atoms with van der Waals surface area (Å²) in [6.45, 7) is 3.47. The van der Waals surface area contributed by atoms with Gasteiger partial charge in [-0.3, -0.25) is 9.78 Å². The molecule has 26 heavy (non-hydrogen) atoms. The van der Waals surface area contributed by atoms with Crippen molar-refractivity contribution in [3.8, 4) is 16.9 Å². The van der Waals surface area contributed by atoms with Crippen LogP contribution in [0.2, 0.25) is 0 Å². The molecule has 5 nitrogen and oxygen atoms in total. The van der Waals surface area contributed by atoms with Gasteiger partial charge in [0, 0.05) is 50.2 Å². The van der Waals surface area contributed by atoms with Crippen LogP contribution in [-0.4, -0.2) is 35.0 Å². The summed E-state index contributed by atoms with van der Waals surface area (Å²) in [6.07, 6.45) is 6.01. The van der Waals surface area contributed by atoms with Gasteiger partial charge in [0.1, 0.15) is 17.4 Å². The van der Waals surface area contributed by atoms with Gasteiger partial charge in [0.15, 0.2) is 5.58 Å². The Balaban J connectivity index is 1.39. The first-order chi connectivity index (χ1) is 12.7. The van der Waals surface area contributed by atoms with Gasteiger partial charge in [-0.2, -0.15) is 0 Å². The molecular formula is C21H22N2O3. The molecule has 0 spiro atoms. The van der Waals surface area contributed by atoms with Crippen molar-refractivity contribution in [2.24, 2.45) is 0 Å². The van der Waals surface area contributed by atoms with Crippen LogP contribution in [-0.2, 0) is 4.79 Å². The number of aromatic nitrogens is 1. The van der Waals surface area contributed by atoms with Crippen LogP contribution in [0.3, 0.4) is 0 Å². The number of nitrogens with zero attached hydrogens (tertiary/aromatic N) is 2. The van der Waals surface area contributed by atoms with Crippen LogP contribution in [0.5, 0.6) is 5.75 Å². The van der Waals surface area contributed by atoms with Gasteiger partial charge in [-0.05, 0) is 23.8 Å². The first kappa shape index (κ1) is 16.6. The molecule has 134 valence electrons. The van der Waals surface area contributed by atoms with Gasteiger partial charge in [-0.1, -0.05) is 19.1 Å². The Morgan fingerprint density at radius 2 is 1.96 bits per heavy atom. The normalized spacial score (nSPS) is 15.3. The maximum absolute atomic E-state index is 11.7. The molecule has 3 heterocycles. The summed E-state index contributed by atoms with van der Waals surface area (Å²) in [7, 11) is 0. The quantitative estimate of drug-likeness (QED) is 0.705. The summed E-state index contributed by atoms with van der Waals surface area (Å²) in [6, 6.07) is 11.9. The van der Waals surface area contributed by atoms with Crippen molar-refractivity contribution in [2.45, 2.75) is 32.3 Å². The highest BCUT2D eigenvalue weighted by Gasteiger charge is 2.22. The van der Waals surface area contributed by atoms with Crippen molar-refractivity contribution in [2.75, 3.05) is 13.1 Å². The molecule has 1 amide bonds. The summed E-state index contributed by atoms with van der Waals surface area (Å²) in [5.41, 5.74) is 3.75. The third kappa shape index (κ3) is 3.43. The molecule has 1 saturated heterocycles. The van der Waals surface area contributed by atoms with Crippen LogP contribution in [0.1, 0.15) is 26.2 Å². The molecule has 1 aliphatic heterocycles. The number of rotatable bonds is 4. The van der Waals surface area contributed by atoms with Gasteiger partial charge in [0.25, 0.3) is 0 Å². The third-order valence-electron chi connectivity index (χ3n) is 4.89. The van der Waals surface area contributed by atoms with Gasteiger partial charge >= 0.3 is 0 Å². The zero-order valence-electron chi connectivity index (χ0n) is 14.9. The molecule has 2 aromatic heterocycles. The molecule has 4 rings (SSSR count). The molecule has 1 aliphatic rings. The Bertz CT molecular complexity index is 893. The molecular weight excluding hydrogens is 328 g/mol. The first-order valence-electron chi connectivity index (χ1n) is 9.11. The topological polar surface area (TPSA) is 55.6 Å². The lowest BCUT2D eigenvalue weighted by molar-refractivity contribution is -0.132. The fourth-order valence-electron chi connectivity index (χ4n) is 3.37. The van der Waals surface area contributed by atoms with Crippen LogP contribution in [0.15, 0.2) is 53.3 Å². The second-order valence-electron chi connectivity index (χ2n) is 6.60. The van der Waals surface area contributed by atoms with E-state index in [0.717, 1.165) is 53.9 Å². The number of hydrogen-bond acceptors (Lipinski definition) is 4. The van der Waals surface area contributed by atoms with Crippen LogP contribution in [0.4, 0.5) is 0 Å². The third-order valence-corrected chi connectivity index (χ3v) is 4.89. The number of furan rings is 1. The summed E-state index contributed by atoms with van der Waals surface area (Å²) in [5, 5.41) is 0. The van der Waals surface area contributed by atoms with Crippen LogP contribution in [0, 0.1) is 0 Å². The fourth-order valence-corrected chi connectivity index (χ4v) is 3.37. The maximum Gasteiger partial charge on any atom is 0.222 e. The van der Waals surface area contributed by atoms with Gasteiger partial charge < -0.3 is 14.1 Å². The lowest BCUT2D eigenvalue weighted by Gasteiger charge is -2.32. The number of hydrogen-bond donors (Lipinski definition) is 0. The van der Waals surface area contributed by atoms with Crippen molar-refractivity contribution >= 4 is 17.0 Å². The van der Waals surface area contributed by atoms with Crippen LogP contribution in [0.25, 0.3) is 22.2 Å². The Morgan fingerprint density at radius 3 is 2.69 bits per heavy atom. The largest absolute Gasteiger partial charge is 0.490 e. The number of pyridine rings is 1. The minimum Gasteiger partial charge on any atom is -0.490 e. The van der Waals surface area contributed by atoms with Gasteiger partial charge in [0.2, 0.25) is 5.91 Å². The summed E-state index contributed by atoms with van der Waals surface area (Å²) in [4.78, 5) is 18.1. The molecule has 1 aromatic carbocycles. The predicted octanol–water partition coefficient (Wildman–Crippen LogP) is 4.27. The molecule has 0 aliphatic carbocycles. The predicted molar refractivity (Wildman–Crippen MR) is 100.0 cm³/mol. The summed E-state index contributed by atoms with van der Waals surface area (Å²) < 4.78 is 11.5. The van der Waals surface area contributed by atoms with Gasteiger partial charge in [-0.25, -0.2) is 0 Å². The molecule has 0 saturated carbocycles. The second kappa shape index (κ2) is 7.20. The average Bonchev–Trinajstić information content (AvgIpc) is 3.16. The smallest absolute Gasteiger partial charge is 0.222 e. The first-order valence-corrected chi connectivity index (χ1v) is 9.11. The molecule has 3 aromatic rings. The van der Waals surface area contributed by atoms with E-state index in [-0.39, 0.29) is 12.0 Å². The number of carbonyl (C=O) groups is 1. The zero-order chi connectivity index (χ0) is 17.9. The Labute approximate surface area is 152 Å². The van der Waals surface area contributed by atoms with Crippen molar-refractivity contribution in [3.63, 3.8) is 0 Å². The number of piperidine rings is 1. The lowest BCUT2D eigenvalue weighted by Crippen LogP contribution is -2.41. The molecule has 0 N–H and O–H groups in total. The van der Waals surface area contributed by atoms with E-state index >= 15 is 0 Å². The van der Waals surface area contributed by atoms with Crippen LogP contribution < -0.4 is 4.74 Å². The van der Waals surface area contributed by atoms with Crippen molar-refractivity contribution in [3.05, 3.63) is 48.9 Å². The summed E-state index contributed by atoms with van der Waals surface area (Å²) in [5.74, 6) is 1.09. The van der Waals surface area contributed by atoms with E-state index in [9.17, 15) is 4.79 Å². The van der Waals surface area contributed by atoms with E-state index in [0.29, 0.717) is 6.42 Å². The number of carbonyl (C=O) groups excluding carboxylic acids is 1. The van der Waals surface area contributed by atoms with Gasteiger partial charge in [-0.15, -0.1) is 0 Å². The highest BCUT2D eigenvalue weighted by molar-refractivity contribution is 5.79. The summed E-state index contributed by atoms with van der Waals surface area (Å²) >= 11 is 0. The standard InChI is InChI=1S/C21H22N2O3/c1-2-21(24)23-10-7-18(8-11-23)26-17-5-3-15(4-6-17)16-13-20-19(22-14-16)9-12-25-20/h3-6,9,12-14,18H,2,7-8,10-11H2,1H3. The van der Waals surface area contributed by atoms with Crippen molar-refractivity contribution in [1.29, 1.82) is 0 Å². The monoisotopic (exact) mass is 350 g/mol. The Morgan fingerprint density at radius 1 is 1.19 bits per heavy atom. The molecule has 0 atom stereocenters. The fraction of sp³-hybridized carbons (Fsp3) is 0.333. The van der Waals surface area contributed by atoms with Crippen LogP contribution >= 0.6 is 0 Å². The molecule has 0 radical (unpaired) electrons. The number of amides is 1. The lowest BCUT2D eigenvalue weighted by atomic mass is 10.1. The van der Waals surface area contributed by atoms with E-state index in [1.807, 2.05) is 54.4 Å². The number of ether oxygens (including phenoxy) is 1. The minimum absolute atomic E-state index is 0.169. The van der Waals surface area contributed by atoms with E-state index in [2.05, 4.69) is 4.98 Å². The highest BCUT2D eigenvalue weighted by atomic mass is 16.5. The Kier molecular flexibility index (Phi) is 4.61. The minimum atomic E-state index is 0.169. The molecule has 0 unspecified atom stereocenters. The van der Waals surface area contributed by atoms with E-state index in [4.69, 9.17) is 9.15 Å².